The first-order valence-electron chi connectivity index (χ1n) is 8.17. The minimum Gasteiger partial charge on any atom is -0.457 e. The van der Waals surface area contributed by atoms with E-state index >= 15 is 0 Å². The number of halogens is 2. The van der Waals surface area contributed by atoms with Gasteiger partial charge in [-0.15, -0.1) is 0 Å². The lowest BCUT2D eigenvalue weighted by Crippen LogP contribution is -2.25. The molecule has 0 atom stereocenters. The monoisotopic (exact) mass is 372 g/mol. The van der Waals surface area contributed by atoms with Crippen LogP contribution in [0.1, 0.15) is 40.2 Å². The number of rotatable bonds is 4. The molecular formula is C19H14ClFN2O3. The van der Waals surface area contributed by atoms with Crippen molar-refractivity contribution in [1.29, 1.82) is 0 Å². The smallest absolute Gasteiger partial charge is 0.344 e. The summed E-state index contributed by atoms with van der Waals surface area (Å²) in [5.41, 5.74) is 0.986. The number of nitrogens with zero attached hydrogens (tertiary/aromatic N) is 2. The van der Waals surface area contributed by atoms with E-state index in [0.717, 1.165) is 29.0 Å². The van der Waals surface area contributed by atoms with Crippen LogP contribution in [0.5, 0.6) is 0 Å². The van der Waals surface area contributed by atoms with Crippen molar-refractivity contribution in [2.24, 2.45) is 0 Å². The fourth-order valence-corrected chi connectivity index (χ4v) is 2.97. The van der Waals surface area contributed by atoms with Gasteiger partial charge in [0.15, 0.2) is 11.0 Å². The van der Waals surface area contributed by atoms with Gasteiger partial charge in [-0.3, -0.25) is 9.20 Å². The molecule has 1 aromatic carbocycles. The van der Waals surface area contributed by atoms with Crippen LogP contribution in [0.3, 0.4) is 0 Å². The predicted octanol–water partition coefficient (Wildman–Crippen LogP) is 3.72. The molecule has 7 heteroatoms. The minimum absolute atomic E-state index is 0.0494. The van der Waals surface area contributed by atoms with E-state index in [-0.39, 0.29) is 28.9 Å². The number of benzene rings is 1. The maximum absolute atomic E-state index is 13.8. The third-order valence-corrected chi connectivity index (χ3v) is 4.59. The van der Waals surface area contributed by atoms with Gasteiger partial charge in [0.05, 0.1) is 6.20 Å². The summed E-state index contributed by atoms with van der Waals surface area (Å²) in [5, 5.41) is -0.300. The first-order valence-corrected chi connectivity index (χ1v) is 8.55. The van der Waals surface area contributed by atoms with Crippen molar-refractivity contribution < 1.29 is 13.9 Å². The SMILES string of the molecule is O=C(OCc1ccccc1)c1cc(C2CC2)c2nc(Cl)c(F)cn2c1=O. The van der Waals surface area contributed by atoms with Gasteiger partial charge in [0.1, 0.15) is 17.8 Å². The Morgan fingerprint density at radius 1 is 1.31 bits per heavy atom. The van der Waals surface area contributed by atoms with Gasteiger partial charge < -0.3 is 4.74 Å². The molecule has 1 aliphatic rings. The molecule has 2 aromatic heterocycles. The molecule has 0 N–H and O–H groups in total. The first-order chi connectivity index (χ1) is 12.5. The number of pyridine rings is 1. The van der Waals surface area contributed by atoms with Crippen LogP contribution < -0.4 is 5.56 Å². The van der Waals surface area contributed by atoms with E-state index in [4.69, 9.17) is 16.3 Å². The van der Waals surface area contributed by atoms with E-state index in [1.807, 2.05) is 30.3 Å². The molecule has 0 amide bonds. The maximum Gasteiger partial charge on any atom is 0.344 e. The number of fused-ring (bicyclic) bond motifs is 1. The number of hydrogen-bond donors (Lipinski definition) is 0. The number of carbonyl (C=O) groups excluding carboxylic acids is 1. The molecule has 4 rings (SSSR count). The number of aromatic nitrogens is 2. The molecule has 0 aliphatic heterocycles. The highest BCUT2D eigenvalue weighted by Gasteiger charge is 2.29. The molecule has 1 fully saturated rings. The maximum atomic E-state index is 13.8. The Hall–Kier alpha value is -2.73. The van der Waals surface area contributed by atoms with Crippen LogP contribution in [0.2, 0.25) is 5.15 Å². The predicted molar refractivity (Wildman–Crippen MR) is 94.0 cm³/mol. The largest absolute Gasteiger partial charge is 0.457 e. The second-order valence-corrected chi connectivity index (χ2v) is 6.59. The highest BCUT2D eigenvalue weighted by Crippen LogP contribution is 2.41. The van der Waals surface area contributed by atoms with E-state index in [2.05, 4.69) is 4.98 Å². The molecule has 0 bridgehead atoms. The van der Waals surface area contributed by atoms with Gasteiger partial charge in [-0.05, 0) is 36.0 Å². The van der Waals surface area contributed by atoms with Crippen molar-refractivity contribution in [3.8, 4) is 0 Å². The fraction of sp³-hybridized carbons (Fsp3) is 0.211. The van der Waals surface area contributed by atoms with Crippen molar-refractivity contribution in [2.75, 3.05) is 0 Å². The summed E-state index contributed by atoms with van der Waals surface area (Å²) in [6.45, 7) is 0.0494. The Morgan fingerprint density at radius 2 is 2.04 bits per heavy atom. The van der Waals surface area contributed by atoms with Gasteiger partial charge in [-0.1, -0.05) is 41.9 Å². The van der Waals surface area contributed by atoms with Gasteiger partial charge in [0.2, 0.25) is 0 Å². The third-order valence-electron chi connectivity index (χ3n) is 4.33. The zero-order valence-corrected chi connectivity index (χ0v) is 14.4. The first kappa shape index (κ1) is 16.7. The van der Waals surface area contributed by atoms with Crippen LogP contribution >= 0.6 is 11.6 Å². The molecule has 1 saturated carbocycles. The second-order valence-electron chi connectivity index (χ2n) is 6.23. The second kappa shape index (κ2) is 6.53. The van der Waals surface area contributed by atoms with Crippen LogP contribution in [-0.4, -0.2) is 15.4 Å². The number of carbonyl (C=O) groups is 1. The zero-order chi connectivity index (χ0) is 18.3. The summed E-state index contributed by atoms with van der Waals surface area (Å²) in [6.07, 6.45) is 2.80. The van der Waals surface area contributed by atoms with Crippen molar-refractivity contribution in [2.45, 2.75) is 25.4 Å². The standard InChI is InChI=1S/C19H14ClFN2O3/c20-16-15(21)9-23-17(22-16)13(12-6-7-12)8-14(18(23)24)19(25)26-10-11-4-2-1-3-5-11/h1-5,8-9,12H,6-7,10H2. The zero-order valence-electron chi connectivity index (χ0n) is 13.6. The molecule has 132 valence electrons. The Kier molecular flexibility index (Phi) is 4.20. The summed E-state index contributed by atoms with van der Waals surface area (Å²) < 4.78 is 20.1. The van der Waals surface area contributed by atoms with E-state index in [1.165, 1.54) is 6.07 Å². The number of hydrogen-bond acceptors (Lipinski definition) is 4. The molecular weight excluding hydrogens is 359 g/mol. The van der Waals surface area contributed by atoms with E-state index < -0.39 is 17.3 Å². The lowest BCUT2D eigenvalue weighted by molar-refractivity contribution is 0.0470. The lowest BCUT2D eigenvalue weighted by atomic mass is 10.1. The quantitative estimate of drug-likeness (QED) is 0.517. The van der Waals surface area contributed by atoms with Crippen LogP contribution in [-0.2, 0) is 11.3 Å². The summed E-state index contributed by atoms with van der Waals surface area (Å²) >= 11 is 5.76. The van der Waals surface area contributed by atoms with Gasteiger partial charge in [-0.2, -0.15) is 0 Å². The molecule has 3 aromatic rings. The van der Waals surface area contributed by atoms with Crippen LogP contribution in [0, 0.1) is 5.82 Å². The van der Waals surface area contributed by atoms with Gasteiger partial charge in [0.25, 0.3) is 5.56 Å². The summed E-state index contributed by atoms with van der Waals surface area (Å²) in [7, 11) is 0. The van der Waals surface area contributed by atoms with Crippen LogP contribution in [0.15, 0.2) is 47.4 Å². The average Bonchev–Trinajstić information content (AvgIpc) is 3.48. The number of ether oxygens (including phenoxy) is 1. The molecule has 0 spiro atoms. The van der Waals surface area contributed by atoms with Crippen molar-refractivity contribution in [1.82, 2.24) is 9.38 Å². The topological polar surface area (TPSA) is 60.7 Å². The highest BCUT2D eigenvalue weighted by molar-refractivity contribution is 6.29. The summed E-state index contributed by atoms with van der Waals surface area (Å²) in [5.74, 6) is -1.39. The fourth-order valence-electron chi connectivity index (χ4n) is 2.84. The molecule has 26 heavy (non-hydrogen) atoms. The van der Waals surface area contributed by atoms with Gasteiger partial charge >= 0.3 is 5.97 Å². The van der Waals surface area contributed by atoms with Crippen LogP contribution in [0.4, 0.5) is 4.39 Å². The minimum atomic E-state index is -0.821. The molecule has 0 radical (unpaired) electrons. The third kappa shape index (κ3) is 3.08. The van der Waals surface area contributed by atoms with Crippen molar-refractivity contribution in [3.63, 3.8) is 0 Å². The highest BCUT2D eigenvalue weighted by atomic mass is 35.5. The molecule has 2 heterocycles. The van der Waals surface area contributed by atoms with Crippen LogP contribution in [0.25, 0.3) is 5.65 Å². The van der Waals surface area contributed by atoms with Gasteiger partial charge in [-0.25, -0.2) is 14.2 Å². The van der Waals surface area contributed by atoms with Crippen molar-refractivity contribution in [3.05, 3.63) is 80.6 Å². The lowest BCUT2D eigenvalue weighted by Gasteiger charge is -2.10. The molecule has 0 unspecified atom stereocenters. The Morgan fingerprint density at radius 3 is 2.73 bits per heavy atom. The Balaban J connectivity index is 1.75. The van der Waals surface area contributed by atoms with E-state index in [9.17, 15) is 14.0 Å². The molecule has 0 saturated heterocycles. The Labute approximate surface area is 153 Å². The molecule has 5 nitrogen and oxygen atoms in total. The molecule has 1 aliphatic carbocycles. The van der Waals surface area contributed by atoms with Crippen molar-refractivity contribution >= 4 is 23.2 Å². The normalized spacial score (nSPS) is 13.8. The Bertz CT molecular complexity index is 1060. The summed E-state index contributed by atoms with van der Waals surface area (Å²) in [4.78, 5) is 29.1. The van der Waals surface area contributed by atoms with E-state index in [1.54, 1.807) is 0 Å². The summed E-state index contributed by atoms with van der Waals surface area (Å²) in [6, 6.07) is 10.7. The van der Waals surface area contributed by atoms with E-state index in [0.29, 0.717) is 5.56 Å². The number of esters is 1. The van der Waals surface area contributed by atoms with Gasteiger partial charge in [0, 0.05) is 0 Å². The average molecular weight is 373 g/mol.